The van der Waals surface area contributed by atoms with Crippen LogP contribution >= 0.6 is 11.8 Å². The van der Waals surface area contributed by atoms with Crippen LogP contribution < -0.4 is 0 Å². The van der Waals surface area contributed by atoms with E-state index >= 15 is 0 Å². The molecule has 0 N–H and O–H groups in total. The number of thioether (sulfide) groups is 1. The van der Waals surface area contributed by atoms with Crippen LogP contribution in [0.4, 0.5) is 0 Å². The first-order chi connectivity index (χ1) is 10.8. The largest absolute Gasteiger partial charge is 0.460 e. The number of benzene rings is 1. The summed E-state index contributed by atoms with van der Waals surface area (Å²) in [6, 6.07) is 7.77. The fraction of sp³-hybridized carbons (Fsp3) is 0.474. The molecule has 0 amide bonds. The molecule has 1 aromatic rings. The van der Waals surface area contributed by atoms with E-state index in [0.29, 0.717) is 6.42 Å². The highest BCUT2D eigenvalue weighted by Gasteiger charge is 2.23. The minimum absolute atomic E-state index is 0.220. The second-order valence-electron chi connectivity index (χ2n) is 6.82. The predicted molar refractivity (Wildman–Crippen MR) is 95.6 cm³/mol. The van der Waals surface area contributed by atoms with E-state index in [1.807, 2.05) is 58.0 Å². The number of carbonyl (C=O) groups excluding carboxylic acids is 2. The second-order valence-corrected chi connectivity index (χ2v) is 7.92. The summed E-state index contributed by atoms with van der Waals surface area (Å²) in [5, 5.41) is 0. The molecule has 1 aromatic carbocycles. The third-order valence-corrected chi connectivity index (χ3v) is 4.63. The first-order valence-corrected chi connectivity index (χ1v) is 9.06. The Morgan fingerprint density at radius 3 is 2.48 bits per heavy atom. The molecule has 23 heavy (non-hydrogen) atoms. The van der Waals surface area contributed by atoms with Crippen molar-refractivity contribution < 1.29 is 14.3 Å². The summed E-state index contributed by atoms with van der Waals surface area (Å²) in [4.78, 5) is 24.0. The van der Waals surface area contributed by atoms with E-state index in [2.05, 4.69) is 0 Å². The number of rotatable bonds is 3. The van der Waals surface area contributed by atoms with Gasteiger partial charge in [0.25, 0.3) is 0 Å². The molecule has 1 atom stereocenters. The molecule has 1 aliphatic rings. The number of hydrogen-bond acceptors (Lipinski definition) is 4. The van der Waals surface area contributed by atoms with Gasteiger partial charge in [-0.2, -0.15) is 11.8 Å². The van der Waals surface area contributed by atoms with Gasteiger partial charge in [-0.05, 0) is 44.9 Å². The third kappa shape index (κ3) is 5.24. The molecule has 0 bridgehead atoms. The van der Waals surface area contributed by atoms with Crippen LogP contribution in [0.2, 0.25) is 0 Å². The third-order valence-electron chi connectivity index (χ3n) is 3.63. The fourth-order valence-corrected chi connectivity index (χ4v) is 3.26. The van der Waals surface area contributed by atoms with Gasteiger partial charge < -0.3 is 4.74 Å². The SMILES string of the molecule is CC(C(=O)OC(C)(C)C)c1ccc(/C=C2/CSCCC2=O)cc1. The molecule has 4 heteroatoms. The van der Waals surface area contributed by atoms with Crippen LogP contribution in [-0.2, 0) is 14.3 Å². The molecule has 1 heterocycles. The minimum atomic E-state index is -0.477. The van der Waals surface area contributed by atoms with Gasteiger partial charge in [-0.3, -0.25) is 9.59 Å². The van der Waals surface area contributed by atoms with Crippen LogP contribution in [0.3, 0.4) is 0 Å². The number of ether oxygens (including phenoxy) is 1. The van der Waals surface area contributed by atoms with Gasteiger partial charge >= 0.3 is 5.97 Å². The molecule has 0 aliphatic carbocycles. The van der Waals surface area contributed by atoms with Gasteiger partial charge in [0.1, 0.15) is 5.60 Å². The summed E-state index contributed by atoms with van der Waals surface area (Å²) in [6.07, 6.45) is 2.58. The van der Waals surface area contributed by atoms with E-state index in [1.165, 1.54) is 0 Å². The smallest absolute Gasteiger partial charge is 0.313 e. The van der Waals surface area contributed by atoms with E-state index in [-0.39, 0.29) is 17.7 Å². The van der Waals surface area contributed by atoms with Gasteiger partial charge in [-0.1, -0.05) is 24.3 Å². The maximum atomic E-state index is 12.1. The summed E-state index contributed by atoms with van der Waals surface area (Å²) >= 11 is 1.79. The van der Waals surface area contributed by atoms with Gasteiger partial charge in [0.15, 0.2) is 5.78 Å². The lowest BCUT2D eigenvalue weighted by atomic mass is 9.98. The summed E-state index contributed by atoms with van der Waals surface area (Å²) in [5.41, 5.74) is 2.32. The average molecular weight is 332 g/mol. The highest BCUT2D eigenvalue weighted by Crippen LogP contribution is 2.24. The Balaban J connectivity index is 2.08. The lowest BCUT2D eigenvalue weighted by Crippen LogP contribution is -2.26. The van der Waals surface area contributed by atoms with Gasteiger partial charge in [0, 0.05) is 23.5 Å². The molecular weight excluding hydrogens is 308 g/mol. The number of carbonyl (C=O) groups is 2. The zero-order chi connectivity index (χ0) is 17.0. The highest BCUT2D eigenvalue weighted by atomic mass is 32.2. The van der Waals surface area contributed by atoms with Crippen molar-refractivity contribution in [2.75, 3.05) is 11.5 Å². The van der Waals surface area contributed by atoms with Gasteiger partial charge in [0.2, 0.25) is 0 Å². The minimum Gasteiger partial charge on any atom is -0.460 e. The Bertz CT molecular complexity index is 608. The summed E-state index contributed by atoms with van der Waals surface area (Å²) < 4.78 is 5.42. The summed E-state index contributed by atoms with van der Waals surface area (Å²) in [5.74, 6) is 1.43. The lowest BCUT2D eigenvalue weighted by molar-refractivity contribution is -0.156. The first-order valence-electron chi connectivity index (χ1n) is 7.90. The van der Waals surface area contributed by atoms with Crippen molar-refractivity contribution in [2.24, 2.45) is 0 Å². The standard InChI is InChI=1S/C19H24O3S/c1-13(18(21)22-19(2,3)4)15-7-5-14(6-8-15)11-16-12-23-10-9-17(16)20/h5-8,11,13H,9-10,12H2,1-4H3/b16-11-. The first kappa shape index (κ1) is 17.8. The van der Waals surface area contributed by atoms with Crippen molar-refractivity contribution in [3.05, 3.63) is 41.0 Å². The van der Waals surface area contributed by atoms with Crippen molar-refractivity contribution in [3.63, 3.8) is 0 Å². The van der Waals surface area contributed by atoms with Gasteiger partial charge in [0.05, 0.1) is 5.92 Å². The predicted octanol–water partition coefficient (Wildman–Crippen LogP) is 4.22. The number of ketones is 1. The zero-order valence-electron chi connectivity index (χ0n) is 14.2. The number of Topliss-reactive ketones (excluding diaryl/α,β-unsaturated/α-hetero) is 1. The maximum absolute atomic E-state index is 12.1. The van der Waals surface area contributed by atoms with Crippen LogP contribution in [0.5, 0.6) is 0 Å². The quantitative estimate of drug-likeness (QED) is 0.614. The van der Waals surface area contributed by atoms with E-state index in [0.717, 1.165) is 28.2 Å². The normalized spacial score (nSPS) is 18.8. The molecule has 3 nitrogen and oxygen atoms in total. The maximum Gasteiger partial charge on any atom is 0.313 e. The highest BCUT2D eigenvalue weighted by molar-refractivity contribution is 7.99. The Morgan fingerprint density at radius 2 is 1.91 bits per heavy atom. The molecule has 0 saturated carbocycles. The fourth-order valence-electron chi connectivity index (χ4n) is 2.32. The Kier molecular flexibility index (Phi) is 5.69. The van der Waals surface area contributed by atoms with Crippen molar-refractivity contribution in [1.29, 1.82) is 0 Å². The molecule has 1 aliphatic heterocycles. The van der Waals surface area contributed by atoms with Crippen molar-refractivity contribution >= 4 is 29.6 Å². The molecule has 2 rings (SSSR count). The van der Waals surface area contributed by atoms with E-state index < -0.39 is 5.60 Å². The summed E-state index contributed by atoms with van der Waals surface area (Å²) in [7, 11) is 0. The molecule has 0 spiro atoms. The topological polar surface area (TPSA) is 43.4 Å². The number of esters is 1. The van der Waals surface area contributed by atoms with Gasteiger partial charge in [-0.15, -0.1) is 0 Å². The van der Waals surface area contributed by atoms with Crippen molar-refractivity contribution in [1.82, 2.24) is 0 Å². The van der Waals surface area contributed by atoms with Crippen LogP contribution in [0.15, 0.2) is 29.8 Å². The van der Waals surface area contributed by atoms with Crippen LogP contribution in [0, 0.1) is 0 Å². The lowest BCUT2D eigenvalue weighted by Gasteiger charge is -2.22. The average Bonchev–Trinajstić information content (AvgIpc) is 2.48. The molecule has 1 fully saturated rings. The van der Waals surface area contributed by atoms with E-state index in [4.69, 9.17) is 4.74 Å². The second kappa shape index (κ2) is 7.35. The van der Waals surface area contributed by atoms with Crippen LogP contribution in [0.25, 0.3) is 6.08 Å². The molecule has 0 aromatic heterocycles. The molecule has 124 valence electrons. The zero-order valence-corrected chi connectivity index (χ0v) is 15.0. The summed E-state index contributed by atoms with van der Waals surface area (Å²) in [6.45, 7) is 7.45. The molecular formula is C19H24O3S. The Morgan fingerprint density at radius 1 is 1.26 bits per heavy atom. The molecule has 0 radical (unpaired) electrons. The van der Waals surface area contributed by atoms with Crippen LogP contribution in [-0.4, -0.2) is 28.9 Å². The van der Waals surface area contributed by atoms with Crippen molar-refractivity contribution in [3.8, 4) is 0 Å². The van der Waals surface area contributed by atoms with Crippen molar-refractivity contribution in [2.45, 2.75) is 45.6 Å². The van der Waals surface area contributed by atoms with E-state index in [9.17, 15) is 9.59 Å². The Hall–Kier alpha value is -1.55. The van der Waals surface area contributed by atoms with Gasteiger partial charge in [-0.25, -0.2) is 0 Å². The Labute approximate surface area is 142 Å². The molecule has 1 unspecified atom stereocenters. The molecule has 1 saturated heterocycles. The van der Waals surface area contributed by atoms with E-state index in [1.54, 1.807) is 11.8 Å². The van der Waals surface area contributed by atoms with Crippen LogP contribution in [0.1, 0.15) is 51.2 Å². The monoisotopic (exact) mass is 332 g/mol. The number of hydrogen-bond donors (Lipinski definition) is 0.